The topological polar surface area (TPSA) is 84.3 Å². The van der Waals surface area contributed by atoms with Gasteiger partial charge in [-0.3, -0.25) is 0 Å². The molecule has 0 unspecified atom stereocenters. The van der Waals surface area contributed by atoms with Crippen molar-refractivity contribution in [1.29, 1.82) is 0 Å². The highest BCUT2D eigenvalue weighted by Gasteiger charge is 2.19. The molecule has 0 amide bonds. The third-order valence-corrected chi connectivity index (χ3v) is 5.80. The molecule has 0 atom stereocenters. The van der Waals surface area contributed by atoms with Crippen molar-refractivity contribution >= 4 is 45.8 Å². The zero-order chi connectivity index (χ0) is 20.5. The molecule has 2 aromatic heterocycles. The molecule has 2 N–H and O–H groups in total. The molecule has 0 aliphatic heterocycles. The van der Waals surface area contributed by atoms with E-state index in [9.17, 15) is 9.90 Å². The highest BCUT2D eigenvalue weighted by Crippen LogP contribution is 2.43. The lowest BCUT2D eigenvalue weighted by atomic mass is 9.97. The molecule has 0 spiro atoms. The predicted molar refractivity (Wildman–Crippen MR) is 116 cm³/mol. The van der Waals surface area contributed by atoms with Gasteiger partial charge in [0.05, 0.1) is 17.0 Å². The summed E-state index contributed by atoms with van der Waals surface area (Å²) in [5.41, 5.74) is 3.43. The van der Waals surface area contributed by atoms with Crippen LogP contribution in [0.1, 0.15) is 10.4 Å². The number of thiophene rings is 1. The van der Waals surface area contributed by atoms with Crippen molar-refractivity contribution in [3.63, 3.8) is 0 Å². The van der Waals surface area contributed by atoms with Crippen molar-refractivity contribution in [3.8, 4) is 27.3 Å². The number of anilines is 1. The number of methoxy groups -OCH3 is 1. The lowest BCUT2D eigenvalue weighted by molar-refractivity contribution is 0.0697. The fourth-order valence-electron chi connectivity index (χ4n) is 3.16. The molecule has 4 aromatic rings. The summed E-state index contributed by atoms with van der Waals surface area (Å²) in [6, 6.07) is 12.5. The molecule has 2 aromatic carbocycles. The number of carbonyl (C=O) groups is 1. The van der Waals surface area contributed by atoms with Gasteiger partial charge in [0.2, 0.25) is 5.95 Å². The zero-order valence-electron chi connectivity index (χ0n) is 15.6. The number of carboxylic acid groups (broad SMARTS) is 1. The van der Waals surface area contributed by atoms with Crippen molar-refractivity contribution in [3.05, 3.63) is 58.6 Å². The molecule has 0 radical (unpaired) electrons. The lowest BCUT2D eigenvalue weighted by Crippen LogP contribution is -2.00. The van der Waals surface area contributed by atoms with Crippen LogP contribution in [0.2, 0.25) is 4.34 Å². The van der Waals surface area contributed by atoms with Crippen LogP contribution in [0.15, 0.2) is 48.7 Å². The Kier molecular flexibility index (Phi) is 5.08. The van der Waals surface area contributed by atoms with E-state index < -0.39 is 5.97 Å². The van der Waals surface area contributed by atoms with Crippen LogP contribution < -0.4 is 10.1 Å². The van der Waals surface area contributed by atoms with E-state index in [-0.39, 0.29) is 5.56 Å². The van der Waals surface area contributed by atoms with Gasteiger partial charge in [-0.2, -0.15) is 0 Å². The Morgan fingerprint density at radius 2 is 1.93 bits per heavy atom. The Balaban J connectivity index is 2.03. The Hall–Kier alpha value is -3.16. The van der Waals surface area contributed by atoms with E-state index in [1.807, 2.05) is 18.2 Å². The molecule has 0 aliphatic carbocycles. The average molecular weight is 426 g/mol. The molecule has 0 bridgehead atoms. The smallest absolute Gasteiger partial charge is 0.335 e. The van der Waals surface area contributed by atoms with E-state index in [0.29, 0.717) is 21.6 Å². The van der Waals surface area contributed by atoms with Crippen LogP contribution in [0.3, 0.4) is 0 Å². The van der Waals surface area contributed by atoms with Crippen molar-refractivity contribution in [1.82, 2.24) is 9.97 Å². The number of ether oxygens (including phenoxy) is 1. The van der Waals surface area contributed by atoms with Gasteiger partial charge in [-0.25, -0.2) is 14.8 Å². The summed E-state index contributed by atoms with van der Waals surface area (Å²) < 4.78 is 6.41. The Labute approximate surface area is 175 Å². The first-order valence-corrected chi connectivity index (χ1v) is 9.86. The van der Waals surface area contributed by atoms with Gasteiger partial charge in [-0.15, -0.1) is 11.3 Å². The van der Waals surface area contributed by atoms with E-state index in [2.05, 4.69) is 15.3 Å². The maximum absolute atomic E-state index is 11.2. The van der Waals surface area contributed by atoms with Crippen molar-refractivity contribution < 1.29 is 14.6 Å². The molecule has 2 heterocycles. The second kappa shape index (κ2) is 7.69. The van der Waals surface area contributed by atoms with Crippen LogP contribution >= 0.6 is 22.9 Å². The van der Waals surface area contributed by atoms with Gasteiger partial charge in [-0.1, -0.05) is 23.7 Å². The molecular formula is C21H16ClN3O3S. The fourth-order valence-corrected chi connectivity index (χ4v) is 4.24. The number of hydrogen-bond donors (Lipinski definition) is 2. The third-order valence-electron chi connectivity index (χ3n) is 4.54. The highest BCUT2D eigenvalue weighted by molar-refractivity contribution is 7.19. The average Bonchev–Trinajstić information content (AvgIpc) is 3.18. The quantitative estimate of drug-likeness (QED) is 0.443. The van der Waals surface area contributed by atoms with E-state index >= 15 is 0 Å². The molecule has 6 nitrogen and oxygen atoms in total. The molecule has 4 rings (SSSR count). The van der Waals surface area contributed by atoms with E-state index in [0.717, 1.165) is 27.0 Å². The number of benzene rings is 2. The lowest BCUT2D eigenvalue weighted by Gasteiger charge is -2.15. The monoisotopic (exact) mass is 425 g/mol. The standard InChI is InChI=1S/C21H16ClN3O3S/c1-23-21-24-10-15-14(16-7-8-17(22)29-16)9-13(19(28-2)18(15)25-21)11-3-5-12(6-4-11)20(26)27/h3-10H,1-2H3,(H,26,27)(H,23,24,25). The Bertz CT molecular complexity index is 1220. The number of aromatic nitrogens is 2. The number of hydrogen-bond acceptors (Lipinski definition) is 6. The maximum Gasteiger partial charge on any atom is 0.335 e. The minimum absolute atomic E-state index is 0.221. The SMILES string of the molecule is CNc1ncc2c(-c3ccc(Cl)s3)cc(-c3ccc(C(=O)O)cc3)c(OC)c2n1. The van der Waals surface area contributed by atoms with Gasteiger partial charge < -0.3 is 15.2 Å². The van der Waals surface area contributed by atoms with Crippen molar-refractivity contribution in [2.24, 2.45) is 0 Å². The van der Waals surface area contributed by atoms with Crippen LogP contribution in [0.4, 0.5) is 5.95 Å². The molecule has 146 valence electrons. The number of nitrogens with one attached hydrogen (secondary N) is 1. The van der Waals surface area contributed by atoms with Crippen molar-refractivity contribution in [2.45, 2.75) is 0 Å². The molecule has 0 saturated heterocycles. The first-order chi connectivity index (χ1) is 14.0. The molecule has 29 heavy (non-hydrogen) atoms. The minimum atomic E-state index is -0.970. The number of halogens is 1. The molecule has 0 aliphatic rings. The number of rotatable bonds is 5. The Morgan fingerprint density at radius 1 is 1.17 bits per heavy atom. The van der Waals surface area contributed by atoms with Gasteiger partial charge in [0.1, 0.15) is 5.52 Å². The largest absolute Gasteiger partial charge is 0.494 e. The second-order valence-corrected chi connectivity index (χ2v) is 7.91. The molecule has 8 heteroatoms. The fraction of sp³-hybridized carbons (Fsp3) is 0.0952. The van der Waals surface area contributed by atoms with Crippen LogP contribution in [-0.2, 0) is 0 Å². The highest BCUT2D eigenvalue weighted by atomic mass is 35.5. The first-order valence-electron chi connectivity index (χ1n) is 8.66. The van der Waals surface area contributed by atoms with E-state index in [1.165, 1.54) is 11.3 Å². The molecule has 0 fully saturated rings. The summed E-state index contributed by atoms with van der Waals surface area (Å²) in [4.78, 5) is 21.2. The predicted octanol–water partition coefficient (Wildman–Crippen LogP) is 5.43. The molecular weight excluding hydrogens is 410 g/mol. The third kappa shape index (κ3) is 3.50. The summed E-state index contributed by atoms with van der Waals surface area (Å²) in [5.74, 6) is 0.0973. The maximum atomic E-state index is 11.2. The van der Waals surface area contributed by atoms with Gasteiger partial charge in [0, 0.05) is 34.6 Å². The Morgan fingerprint density at radius 3 is 2.52 bits per heavy atom. The first kappa shape index (κ1) is 19.2. The van der Waals surface area contributed by atoms with Gasteiger partial charge in [0.15, 0.2) is 5.75 Å². The van der Waals surface area contributed by atoms with Crippen LogP contribution in [0, 0.1) is 0 Å². The number of carboxylic acids is 1. The van der Waals surface area contributed by atoms with Gasteiger partial charge in [-0.05, 0) is 35.9 Å². The second-order valence-electron chi connectivity index (χ2n) is 6.20. The summed E-state index contributed by atoms with van der Waals surface area (Å²) >= 11 is 7.63. The number of nitrogens with zero attached hydrogens (tertiary/aromatic N) is 2. The van der Waals surface area contributed by atoms with Crippen LogP contribution in [0.25, 0.3) is 32.5 Å². The summed E-state index contributed by atoms with van der Waals surface area (Å²) in [6.45, 7) is 0. The van der Waals surface area contributed by atoms with Gasteiger partial charge in [0.25, 0.3) is 0 Å². The summed E-state index contributed by atoms with van der Waals surface area (Å²) in [6.07, 6.45) is 1.76. The van der Waals surface area contributed by atoms with E-state index in [1.54, 1.807) is 44.6 Å². The zero-order valence-corrected chi connectivity index (χ0v) is 17.1. The summed E-state index contributed by atoms with van der Waals surface area (Å²) in [5, 5.41) is 13.0. The van der Waals surface area contributed by atoms with Crippen molar-refractivity contribution in [2.75, 3.05) is 19.5 Å². The molecule has 0 saturated carbocycles. The van der Waals surface area contributed by atoms with Crippen LogP contribution in [-0.4, -0.2) is 35.2 Å². The summed E-state index contributed by atoms with van der Waals surface area (Å²) in [7, 11) is 3.34. The minimum Gasteiger partial charge on any atom is -0.494 e. The van der Waals surface area contributed by atoms with Gasteiger partial charge >= 0.3 is 5.97 Å². The van der Waals surface area contributed by atoms with E-state index in [4.69, 9.17) is 16.3 Å². The number of aromatic carboxylic acids is 1. The normalized spacial score (nSPS) is 10.9. The van der Waals surface area contributed by atoms with Crippen LogP contribution in [0.5, 0.6) is 5.75 Å². The number of fused-ring (bicyclic) bond motifs is 1.